The molecule has 0 saturated carbocycles. The van der Waals surface area contributed by atoms with Crippen LogP contribution in [0.3, 0.4) is 0 Å². The Bertz CT molecular complexity index is 511. The summed E-state index contributed by atoms with van der Waals surface area (Å²) in [7, 11) is 0. The SMILES string of the molecule is CC(C)(O)C(=O)Nc1cc([N+](=O)[O-])cc(Cl)c1Cl. The average Bonchev–Trinajstić information content (AvgIpc) is 2.22. The van der Waals surface area contributed by atoms with Gasteiger partial charge >= 0.3 is 0 Å². The third-order valence-corrected chi connectivity index (χ3v) is 2.83. The van der Waals surface area contributed by atoms with Crippen LogP contribution in [0.25, 0.3) is 0 Å². The fourth-order valence-corrected chi connectivity index (χ4v) is 1.42. The molecule has 0 heterocycles. The summed E-state index contributed by atoms with van der Waals surface area (Å²) < 4.78 is 0. The fourth-order valence-electron chi connectivity index (χ4n) is 1.05. The van der Waals surface area contributed by atoms with E-state index in [9.17, 15) is 20.0 Å². The number of rotatable bonds is 3. The number of hydrogen-bond acceptors (Lipinski definition) is 4. The van der Waals surface area contributed by atoms with Crippen molar-refractivity contribution >= 4 is 40.5 Å². The summed E-state index contributed by atoms with van der Waals surface area (Å²) >= 11 is 11.5. The third kappa shape index (κ3) is 3.32. The third-order valence-electron chi connectivity index (χ3n) is 2.03. The number of nitrogens with zero attached hydrogens (tertiary/aromatic N) is 1. The predicted octanol–water partition coefficient (Wildman–Crippen LogP) is 2.61. The van der Waals surface area contributed by atoms with Crippen LogP contribution in [0.15, 0.2) is 12.1 Å². The highest BCUT2D eigenvalue weighted by atomic mass is 35.5. The number of benzene rings is 1. The maximum atomic E-state index is 11.5. The van der Waals surface area contributed by atoms with Gasteiger partial charge in [0.15, 0.2) is 0 Å². The Morgan fingerprint density at radius 3 is 2.44 bits per heavy atom. The number of halogens is 2. The van der Waals surface area contributed by atoms with Crippen LogP contribution in [0.1, 0.15) is 13.8 Å². The molecule has 0 aliphatic rings. The van der Waals surface area contributed by atoms with Crippen molar-refractivity contribution < 1.29 is 14.8 Å². The zero-order valence-corrected chi connectivity index (χ0v) is 11.0. The second-order valence-corrected chi connectivity index (χ2v) is 4.84. The number of anilines is 1. The van der Waals surface area contributed by atoms with Gasteiger partial charge in [-0.1, -0.05) is 23.2 Å². The fraction of sp³-hybridized carbons (Fsp3) is 0.300. The van der Waals surface area contributed by atoms with Gasteiger partial charge in [0.05, 0.1) is 20.7 Å². The largest absolute Gasteiger partial charge is 0.381 e. The van der Waals surface area contributed by atoms with Crippen LogP contribution >= 0.6 is 23.2 Å². The maximum Gasteiger partial charge on any atom is 0.273 e. The first-order chi connectivity index (χ1) is 8.12. The van der Waals surface area contributed by atoms with Crippen LogP contribution in [0.2, 0.25) is 10.0 Å². The van der Waals surface area contributed by atoms with Gasteiger partial charge in [-0.3, -0.25) is 14.9 Å². The van der Waals surface area contributed by atoms with Crippen molar-refractivity contribution in [2.45, 2.75) is 19.4 Å². The average molecular weight is 293 g/mol. The number of aliphatic hydroxyl groups is 1. The van der Waals surface area contributed by atoms with Gasteiger partial charge in [-0.25, -0.2) is 0 Å². The number of amides is 1. The Kier molecular flexibility index (Phi) is 4.16. The lowest BCUT2D eigenvalue weighted by molar-refractivity contribution is -0.384. The van der Waals surface area contributed by atoms with Crippen LogP contribution in [-0.4, -0.2) is 21.5 Å². The van der Waals surface area contributed by atoms with E-state index in [0.29, 0.717) is 0 Å². The Hall–Kier alpha value is -1.37. The van der Waals surface area contributed by atoms with Crippen molar-refractivity contribution in [3.63, 3.8) is 0 Å². The molecular weight excluding hydrogens is 283 g/mol. The molecule has 1 aromatic rings. The lowest BCUT2D eigenvalue weighted by Crippen LogP contribution is -2.36. The Labute approximate surface area is 113 Å². The highest BCUT2D eigenvalue weighted by Crippen LogP contribution is 2.34. The highest BCUT2D eigenvalue weighted by molar-refractivity contribution is 6.44. The first-order valence-electron chi connectivity index (χ1n) is 4.80. The molecule has 0 radical (unpaired) electrons. The Morgan fingerprint density at radius 2 is 2.00 bits per heavy atom. The molecule has 98 valence electrons. The van der Waals surface area contributed by atoms with E-state index < -0.39 is 16.4 Å². The Balaban J connectivity index is 3.17. The molecule has 0 unspecified atom stereocenters. The molecule has 0 aromatic heterocycles. The first kappa shape index (κ1) is 14.7. The predicted molar refractivity (Wildman–Crippen MR) is 68.0 cm³/mol. The molecule has 0 aliphatic carbocycles. The van der Waals surface area contributed by atoms with E-state index in [1.54, 1.807) is 0 Å². The van der Waals surface area contributed by atoms with Crippen molar-refractivity contribution in [3.8, 4) is 0 Å². The number of nitro groups is 1. The lowest BCUT2D eigenvalue weighted by Gasteiger charge is -2.17. The second kappa shape index (κ2) is 5.09. The van der Waals surface area contributed by atoms with E-state index in [2.05, 4.69) is 5.32 Å². The van der Waals surface area contributed by atoms with Gasteiger partial charge in [-0.2, -0.15) is 0 Å². The summed E-state index contributed by atoms with van der Waals surface area (Å²) in [5.74, 6) is -0.749. The van der Waals surface area contributed by atoms with E-state index in [-0.39, 0.29) is 21.4 Å². The maximum absolute atomic E-state index is 11.5. The van der Waals surface area contributed by atoms with Crippen LogP contribution in [0.4, 0.5) is 11.4 Å². The van der Waals surface area contributed by atoms with E-state index in [0.717, 1.165) is 12.1 Å². The molecule has 0 aliphatic heterocycles. The number of nitro benzene ring substituents is 1. The van der Waals surface area contributed by atoms with E-state index in [1.165, 1.54) is 13.8 Å². The molecule has 8 heteroatoms. The summed E-state index contributed by atoms with van der Waals surface area (Å²) in [6, 6.07) is 2.14. The minimum Gasteiger partial charge on any atom is -0.381 e. The van der Waals surface area contributed by atoms with Gasteiger partial charge in [0, 0.05) is 12.1 Å². The topological polar surface area (TPSA) is 92.5 Å². The van der Waals surface area contributed by atoms with Crippen molar-refractivity contribution in [3.05, 3.63) is 32.3 Å². The van der Waals surface area contributed by atoms with Gasteiger partial charge in [0.1, 0.15) is 5.60 Å². The summed E-state index contributed by atoms with van der Waals surface area (Å²) in [6.45, 7) is 2.55. The number of nitrogens with one attached hydrogen (secondary N) is 1. The summed E-state index contributed by atoms with van der Waals surface area (Å²) in [6.07, 6.45) is 0. The zero-order valence-electron chi connectivity index (χ0n) is 9.53. The molecule has 0 atom stereocenters. The van der Waals surface area contributed by atoms with Crippen molar-refractivity contribution in [2.75, 3.05) is 5.32 Å². The zero-order chi connectivity index (χ0) is 14.1. The monoisotopic (exact) mass is 292 g/mol. The normalized spacial score (nSPS) is 11.2. The van der Waals surface area contributed by atoms with Crippen molar-refractivity contribution in [1.82, 2.24) is 0 Å². The van der Waals surface area contributed by atoms with Crippen LogP contribution in [-0.2, 0) is 4.79 Å². The van der Waals surface area contributed by atoms with Crippen molar-refractivity contribution in [1.29, 1.82) is 0 Å². The second-order valence-electron chi connectivity index (χ2n) is 4.06. The molecule has 0 saturated heterocycles. The van der Waals surface area contributed by atoms with E-state index >= 15 is 0 Å². The number of carbonyl (C=O) groups excluding carboxylic acids is 1. The smallest absolute Gasteiger partial charge is 0.273 e. The van der Waals surface area contributed by atoms with Gasteiger partial charge < -0.3 is 10.4 Å². The van der Waals surface area contributed by atoms with Crippen LogP contribution in [0, 0.1) is 10.1 Å². The quantitative estimate of drug-likeness (QED) is 0.661. The van der Waals surface area contributed by atoms with E-state index in [1.807, 2.05) is 0 Å². The molecule has 18 heavy (non-hydrogen) atoms. The molecule has 6 nitrogen and oxygen atoms in total. The van der Waals surface area contributed by atoms with Gasteiger partial charge in [-0.05, 0) is 13.8 Å². The van der Waals surface area contributed by atoms with E-state index in [4.69, 9.17) is 23.2 Å². The molecular formula is C10H10Cl2N2O4. The highest BCUT2D eigenvalue weighted by Gasteiger charge is 2.25. The van der Waals surface area contributed by atoms with Gasteiger partial charge in [0.2, 0.25) is 0 Å². The van der Waals surface area contributed by atoms with Crippen molar-refractivity contribution in [2.24, 2.45) is 0 Å². The number of non-ortho nitro benzene ring substituents is 1. The summed E-state index contributed by atoms with van der Waals surface area (Å²) in [5, 5.41) is 22.3. The molecule has 0 spiro atoms. The molecule has 2 N–H and O–H groups in total. The molecule has 1 rings (SSSR count). The number of hydrogen-bond donors (Lipinski definition) is 2. The lowest BCUT2D eigenvalue weighted by atomic mass is 10.1. The molecule has 0 bridgehead atoms. The number of carbonyl (C=O) groups is 1. The Morgan fingerprint density at radius 1 is 1.44 bits per heavy atom. The molecule has 1 amide bonds. The minimum absolute atomic E-state index is 0.0250. The summed E-state index contributed by atoms with van der Waals surface area (Å²) in [5.41, 5.74) is -1.97. The van der Waals surface area contributed by atoms with Gasteiger partial charge in [0.25, 0.3) is 11.6 Å². The first-order valence-corrected chi connectivity index (χ1v) is 5.56. The summed E-state index contributed by atoms with van der Waals surface area (Å²) in [4.78, 5) is 21.5. The van der Waals surface area contributed by atoms with Crippen LogP contribution in [0.5, 0.6) is 0 Å². The molecule has 1 aromatic carbocycles. The molecule has 0 fully saturated rings. The van der Waals surface area contributed by atoms with Gasteiger partial charge in [-0.15, -0.1) is 0 Å². The van der Waals surface area contributed by atoms with Crippen LogP contribution < -0.4 is 5.32 Å². The standard InChI is InChI=1S/C10H10Cl2N2O4/c1-10(2,16)9(15)13-7-4-5(14(17)18)3-6(11)8(7)12/h3-4,16H,1-2H3,(H,13,15). The minimum atomic E-state index is -1.64.